The molecule has 0 aliphatic heterocycles. The molecule has 0 fully saturated rings. The van der Waals surface area contributed by atoms with Gasteiger partial charge in [-0.25, -0.2) is 0 Å². The highest BCUT2D eigenvalue weighted by molar-refractivity contribution is 6.53. The van der Waals surface area contributed by atoms with Crippen LogP contribution in [0.2, 0.25) is 0 Å². The maximum absolute atomic E-state index is 9.19. The third kappa shape index (κ3) is 2.52. The molecule has 0 saturated carbocycles. The first kappa shape index (κ1) is 11.4. The van der Waals surface area contributed by atoms with Crippen LogP contribution in [-0.4, -0.2) is 4.98 Å². The Morgan fingerprint density at radius 3 is 2.35 bits per heavy atom. The van der Waals surface area contributed by atoms with Crippen molar-refractivity contribution in [3.63, 3.8) is 0 Å². The number of hydrogen-bond donors (Lipinski definition) is 0. The van der Waals surface area contributed by atoms with Crippen molar-refractivity contribution in [3.05, 3.63) is 66.0 Å². The lowest BCUT2D eigenvalue weighted by Crippen LogP contribution is -1.86. The average Bonchev–Trinajstić information content (AvgIpc) is 2.42. The number of halogens is 1. The summed E-state index contributed by atoms with van der Waals surface area (Å²) in [6.45, 7) is 0. The van der Waals surface area contributed by atoms with Crippen molar-refractivity contribution >= 4 is 22.2 Å². The molecule has 0 atom stereocenters. The molecular formula is C14H9ClN2. The van der Waals surface area contributed by atoms with Crippen molar-refractivity contribution in [2.75, 3.05) is 0 Å². The second-order valence-electron chi connectivity index (χ2n) is 3.41. The normalized spacial score (nSPS) is 11.5. The van der Waals surface area contributed by atoms with Gasteiger partial charge in [0.05, 0.1) is 10.6 Å². The van der Waals surface area contributed by atoms with Gasteiger partial charge in [0.15, 0.2) is 0 Å². The molecule has 0 saturated heterocycles. The van der Waals surface area contributed by atoms with Crippen LogP contribution in [0.1, 0.15) is 11.1 Å². The van der Waals surface area contributed by atoms with Crippen LogP contribution in [0.4, 0.5) is 0 Å². The van der Waals surface area contributed by atoms with Crippen molar-refractivity contribution in [1.29, 1.82) is 5.26 Å². The third-order valence-electron chi connectivity index (χ3n) is 2.31. The summed E-state index contributed by atoms with van der Waals surface area (Å²) in [6.07, 6.45) is 3.29. The van der Waals surface area contributed by atoms with Gasteiger partial charge in [-0.2, -0.15) is 5.26 Å². The summed E-state index contributed by atoms with van der Waals surface area (Å²) in [7, 11) is 0. The minimum Gasteiger partial charge on any atom is -0.264 e. The molecule has 2 aromatic rings. The Bertz CT molecular complexity index is 568. The molecule has 1 aromatic carbocycles. The average molecular weight is 241 g/mol. The van der Waals surface area contributed by atoms with Crippen LogP contribution >= 0.6 is 11.6 Å². The van der Waals surface area contributed by atoms with Crippen LogP contribution < -0.4 is 0 Å². The highest BCUT2D eigenvalue weighted by atomic mass is 35.5. The SMILES string of the molecule is N#C/C(=C(/Cl)c1ccccc1)c1cccnc1. The fourth-order valence-electron chi connectivity index (χ4n) is 1.48. The lowest BCUT2D eigenvalue weighted by molar-refractivity contribution is 1.31. The van der Waals surface area contributed by atoms with E-state index in [0.29, 0.717) is 10.6 Å². The Morgan fingerprint density at radius 1 is 1.06 bits per heavy atom. The number of rotatable bonds is 2. The van der Waals surface area contributed by atoms with E-state index in [9.17, 15) is 5.26 Å². The summed E-state index contributed by atoms with van der Waals surface area (Å²) < 4.78 is 0. The van der Waals surface area contributed by atoms with E-state index >= 15 is 0 Å². The third-order valence-corrected chi connectivity index (χ3v) is 2.72. The number of hydrogen-bond acceptors (Lipinski definition) is 2. The maximum Gasteiger partial charge on any atom is 0.101 e. The van der Waals surface area contributed by atoms with E-state index in [1.54, 1.807) is 18.5 Å². The van der Waals surface area contributed by atoms with Crippen LogP contribution in [0.25, 0.3) is 10.6 Å². The fraction of sp³-hybridized carbons (Fsp3) is 0. The molecule has 0 aliphatic rings. The topological polar surface area (TPSA) is 36.7 Å². The molecule has 82 valence electrons. The van der Waals surface area contributed by atoms with E-state index in [2.05, 4.69) is 11.1 Å². The number of pyridine rings is 1. The van der Waals surface area contributed by atoms with Crippen LogP contribution in [0.5, 0.6) is 0 Å². The maximum atomic E-state index is 9.19. The summed E-state index contributed by atoms with van der Waals surface area (Å²) in [5.41, 5.74) is 1.99. The van der Waals surface area contributed by atoms with E-state index < -0.39 is 0 Å². The van der Waals surface area contributed by atoms with Gasteiger partial charge in [0.1, 0.15) is 6.07 Å². The van der Waals surface area contributed by atoms with E-state index in [-0.39, 0.29) is 0 Å². The molecule has 0 amide bonds. The van der Waals surface area contributed by atoms with Gasteiger partial charge < -0.3 is 0 Å². The number of nitriles is 1. The number of nitrogens with zero attached hydrogens (tertiary/aromatic N) is 2. The van der Waals surface area contributed by atoms with Crippen LogP contribution in [-0.2, 0) is 0 Å². The van der Waals surface area contributed by atoms with E-state index in [1.165, 1.54) is 0 Å². The van der Waals surface area contributed by atoms with Crippen molar-refractivity contribution in [2.24, 2.45) is 0 Å². The lowest BCUT2D eigenvalue weighted by Gasteiger charge is -2.03. The summed E-state index contributed by atoms with van der Waals surface area (Å²) in [4.78, 5) is 3.99. The van der Waals surface area contributed by atoms with Gasteiger partial charge >= 0.3 is 0 Å². The van der Waals surface area contributed by atoms with Crippen LogP contribution in [0.3, 0.4) is 0 Å². The molecule has 17 heavy (non-hydrogen) atoms. The second-order valence-corrected chi connectivity index (χ2v) is 3.79. The monoisotopic (exact) mass is 240 g/mol. The highest BCUT2D eigenvalue weighted by Crippen LogP contribution is 2.28. The number of benzene rings is 1. The highest BCUT2D eigenvalue weighted by Gasteiger charge is 2.08. The van der Waals surface area contributed by atoms with Gasteiger partial charge in [-0.05, 0) is 11.6 Å². The second kappa shape index (κ2) is 5.29. The van der Waals surface area contributed by atoms with Gasteiger partial charge in [0.25, 0.3) is 0 Å². The Hall–Kier alpha value is -2.11. The summed E-state index contributed by atoms with van der Waals surface area (Å²) >= 11 is 6.24. The molecule has 2 nitrogen and oxygen atoms in total. The van der Waals surface area contributed by atoms with Gasteiger partial charge in [-0.15, -0.1) is 0 Å². The van der Waals surface area contributed by atoms with Crippen molar-refractivity contribution < 1.29 is 0 Å². The molecule has 1 heterocycles. The molecule has 3 heteroatoms. The quantitative estimate of drug-likeness (QED) is 0.751. The summed E-state index contributed by atoms with van der Waals surface area (Å²) in [5.74, 6) is 0. The van der Waals surface area contributed by atoms with Gasteiger partial charge in [0.2, 0.25) is 0 Å². The van der Waals surface area contributed by atoms with E-state index in [1.807, 2.05) is 36.4 Å². The Morgan fingerprint density at radius 2 is 1.76 bits per heavy atom. The summed E-state index contributed by atoms with van der Waals surface area (Å²) in [6, 6.07) is 15.1. The first-order valence-corrected chi connectivity index (χ1v) is 5.46. The van der Waals surface area contributed by atoms with Gasteiger partial charge in [-0.1, -0.05) is 48.0 Å². The molecular weight excluding hydrogens is 232 g/mol. The van der Waals surface area contributed by atoms with E-state index in [4.69, 9.17) is 11.6 Å². The van der Waals surface area contributed by atoms with Crippen LogP contribution in [0, 0.1) is 11.3 Å². The Kier molecular flexibility index (Phi) is 3.54. The molecule has 0 aliphatic carbocycles. The Labute approximate surface area is 105 Å². The fourth-order valence-corrected chi connectivity index (χ4v) is 1.76. The summed E-state index contributed by atoms with van der Waals surface area (Å²) in [5, 5.41) is 9.64. The lowest BCUT2D eigenvalue weighted by atomic mass is 10.1. The first-order valence-electron chi connectivity index (χ1n) is 5.08. The predicted molar refractivity (Wildman–Crippen MR) is 69.0 cm³/mol. The molecule has 0 radical (unpaired) electrons. The molecule has 1 aromatic heterocycles. The van der Waals surface area contributed by atoms with Gasteiger partial charge in [0, 0.05) is 18.0 Å². The zero-order chi connectivity index (χ0) is 12.1. The molecule has 0 bridgehead atoms. The molecule has 0 spiro atoms. The van der Waals surface area contributed by atoms with Gasteiger partial charge in [-0.3, -0.25) is 4.98 Å². The number of aromatic nitrogens is 1. The minimum absolute atomic E-state index is 0.436. The van der Waals surface area contributed by atoms with E-state index in [0.717, 1.165) is 11.1 Å². The standard InChI is InChI=1S/C14H9ClN2/c15-14(11-5-2-1-3-6-11)13(9-16)12-7-4-8-17-10-12/h1-8,10H/b14-13-. The smallest absolute Gasteiger partial charge is 0.101 e. The Balaban J connectivity index is 2.53. The first-order chi connectivity index (χ1) is 8.33. The number of allylic oxidation sites excluding steroid dienone is 1. The van der Waals surface area contributed by atoms with Crippen molar-refractivity contribution in [1.82, 2.24) is 4.98 Å². The van der Waals surface area contributed by atoms with Crippen LogP contribution in [0.15, 0.2) is 54.9 Å². The molecule has 2 rings (SSSR count). The molecule has 0 N–H and O–H groups in total. The largest absolute Gasteiger partial charge is 0.264 e. The zero-order valence-corrected chi connectivity index (χ0v) is 9.72. The molecule has 0 unspecified atom stereocenters. The predicted octanol–water partition coefficient (Wildman–Crippen LogP) is 3.71. The van der Waals surface area contributed by atoms with Crippen molar-refractivity contribution in [2.45, 2.75) is 0 Å². The van der Waals surface area contributed by atoms with Crippen molar-refractivity contribution in [3.8, 4) is 6.07 Å². The zero-order valence-electron chi connectivity index (χ0n) is 8.97. The minimum atomic E-state index is 0.436.